The summed E-state index contributed by atoms with van der Waals surface area (Å²) in [6.07, 6.45) is 2.51. The van der Waals surface area contributed by atoms with Crippen LogP contribution in [-0.2, 0) is 9.47 Å². The Morgan fingerprint density at radius 1 is 0.829 bits per heavy atom. The maximum atomic E-state index is 15.0. The first kappa shape index (κ1) is 25.0. The highest BCUT2D eigenvalue weighted by molar-refractivity contribution is 6.08. The molecule has 0 spiro atoms. The van der Waals surface area contributed by atoms with Crippen LogP contribution in [0.4, 0.5) is 17.6 Å². The lowest BCUT2D eigenvalue weighted by molar-refractivity contribution is -0.207. The molecule has 1 aliphatic heterocycles. The SMILES string of the molecule is [B]COc1ccc(-c2ccc(-c3ccc(C4OCC(CCC=C)CO4)c(F)c3F)cc2)c(F)c1F. The van der Waals surface area contributed by atoms with E-state index >= 15 is 0 Å². The number of halogens is 4. The summed E-state index contributed by atoms with van der Waals surface area (Å²) in [6.45, 7) is 4.17. The second kappa shape index (κ2) is 11.1. The lowest BCUT2D eigenvalue weighted by Gasteiger charge is -2.29. The van der Waals surface area contributed by atoms with E-state index in [1.54, 1.807) is 0 Å². The molecule has 3 aromatic rings. The molecular weight excluding hydrogens is 459 g/mol. The molecule has 35 heavy (non-hydrogen) atoms. The summed E-state index contributed by atoms with van der Waals surface area (Å²) in [4.78, 5) is 0. The van der Waals surface area contributed by atoms with Crippen LogP contribution in [0.5, 0.6) is 5.75 Å². The van der Waals surface area contributed by atoms with Crippen LogP contribution in [0.3, 0.4) is 0 Å². The van der Waals surface area contributed by atoms with Crippen molar-refractivity contribution in [1.82, 2.24) is 0 Å². The van der Waals surface area contributed by atoms with Crippen molar-refractivity contribution in [3.8, 4) is 28.0 Å². The third-order valence-electron chi connectivity index (χ3n) is 5.90. The van der Waals surface area contributed by atoms with E-state index in [1.807, 2.05) is 6.08 Å². The van der Waals surface area contributed by atoms with Crippen molar-refractivity contribution in [3.05, 3.63) is 90.0 Å². The summed E-state index contributed by atoms with van der Waals surface area (Å²) >= 11 is 0. The van der Waals surface area contributed by atoms with Crippen LogP contribution in [0.2, 0.25) is 0 Å². The van der Waals surface area contributed by atoms with E-state index in [9.17, 15) is 17.6 Å². The molecule has 0 amide bonds. The first-order valence-electron chi connectivity index (χ1n) is 11.2. The van der Waals surface area contributed by atoms with E-state index in [-0.39, 0.29) is 34.9 Å². The molecule has 1 saturated heterocycles. The van der Waals surface area contributed by atoms with Crippen molar-refractivity contribution < 1.29 is 31.8 Å². The first-order chi connectivity index (χ1) is 16.9. The van der Waals surface area contributed by atoms with E-state index in [1.165, 1.54) is 48.5 Å². The molecule has 0 atom stereocenters. The number of benzene rings is 3. The smallest absolute Gasteiger partial charge is 0.201 e. The van der Waals surface area contributed by atoms with Crippen molar-refractivity contribution in [2.24, 2.45) is 5.92 Å². The van der Waals surface area contributed by atoms with Crippen LogP contribution < -0.4 is 4.74 Å². The Labute approximate surface area is 202 Å². The molecule has 0 aliphatic carbocycles. The Kier molecular flexibility index (Phi) is 7.93. The van der Waals surface area contributed by atoms with E-state index in [2.05, 4.69) is 6.58 Å². The molecule has 3 aromatic carbocycles. The predicted octanol–water partition coefficient (Wildman–Crippen LogP) is 6.71. The normalized spacial score (nSPS) is 17.8. The molecule has 0 aromatic heterocycles. The van der Waals surface area contributed by atoms with Crippen LogP contribution in [-0.4, -0.2) is 27.6 Å². The predicted molar refractivity (Wildman–Crippen MR) is 126 cm³/mol. The monoisotopic (exact) mass is 482 g/mol. The van der Waals surface area contributed by atoms with Gasteiger partial charge in [-0.15, -0.1) is 6.58 Å². The summed E-state index contributed by atoms with van der Waals surface area (Å²) in [5.41, 5.74) is 0.740. The van der Waals surface area contributed by atoms with Crippen molar-refractivity contribution >= 4 is 7.85 Å². The topological polar surface area (TPSA) is 27.7 Å². The van der Waals surface area contributed by atoms with E-state index < -0.39 is 29.6 Å². The Balaban J connectivity index is 1.53. The van der Waals surface area contributed by atoms with Gasteiger partial charge in [-0.05, 0) is 36.1 Å². The molecule has 0 unspecified atom stereocenters. The highest BCUT2D eigenvalue weighted by Crippen LogP contribution is 2.35. The quantitative estimate of drug-likeness (QED) is 0.203. The molecule has 0 saturated carbocycles. The zero-order chi connectivity index (χ0) is 24.9. The van der Waals surface area contributed by atoms with Crippen LogP contribution in [0.1, 0.15) is 24.7 Å². The van der Waals surface area contributed by atoms with Gasteiger partial charge in [0.25, 0.3) is 0 Å². The number of hydrogen-bond acceptors (Lipinski definition) is 3. The second-order valence-corrected chi connectivity index (χ2v) is 8.19. The summed E-state index contributed by atoms with van der Waals surface area (Å²) < 4.78 is 74.6. The largest absolute Gasteiger partial charge is 0.500 e. The molecule has 1 fully saturated rings. The fraction of sp³-hybridized carbons (Fsp3) is 0.259. The zero-order valence-electron chi connectivity index (χ0n) is 18.9. The molecule has 2 radical (unpaired) electrons. The molecular formula is C27H23BF4O3. The van der Waals surface area contributed by atoms with Crippen LogP contribution in [0.25, 0.3) is 22.3 Å². The maximum absolute atomic E-state index is 15.0. The third kappa shape index (κ3) is 5.28. The van der Waals surface area contributed by atoms with E-state index in [0.717, 1.165) is 12.8 Å². The highest BCUT2D eigenvalue weighted by Gasteiger charge is 2.28. The zero-order valence-corrected chi connectivity index (χ0v) is 18.9. The average Bonchev–Trinajstić information content (AvgIpc) is 2.88. The van der Waals surface area contributed by atoms with Gasteiger partial charge in [-0.1, -0.05) is 42.5 Å². The minimum Gasteiger partial charge on any atom is -0.500 e. The minimum absolute atomic E-state index is 0.00147. The van der Waals surface area contributed by atoms with Gasteiger partial charge in [0.1, 0.15) is 7.85 Å². The van der Waals surface area contributed by atoms with Gasteiger partial charge in [-0.2, -0.15) is 4.39 Å². The van der Waals surface area contributed by atoms with E-state index in [0.29, 0.717) is 24.3 Å². The first-order valence-corrected chi connectivity index (χ1v) is 11.2. The van der Waals surface area contributed by atoms with Gasteiger partial charge in [0.15, 0.2) is 29.5 Å². The summed E-state index contributed by atoms with van der Waals surface area (Å²) in [5.74, 6) is -4.45. The molecule has 1 aliphatic rings. The van der Waals surface area contributed by atoms with Crippen LogP contribution in [0, 0.1) is 29.2 Å². The molecule has 4 rings (SSSR count). The number of ether oxygens (including phenoxy) is 3. The van der Waals surface area contributed by atoms with Crippen molar-refractivity contribution in [3.63, 3.8) is 0 Å². The van der Waals surface area contributed by atoms with E-state index in [4.69, 9.17) is 22.1 Å². The van der Waals surface area contributed by atoms with Gasteiger partial charge in [0.05, 0.1) is 13.2 Å². The Hall–Kier alpha value is -3.10. The number of hydrogen-bond donors (Lipinski definition) is 0. The molecule has 0 bridgehead atoms. The number of allylic oxidation sites excluding steroid dienone is 1. The molecule has 8 heteroatoms. The lowest BCUT2D eigenvalue weighted by Crippen LogP contribution is -2.27. The molecule has 1 heterocycles. The summed E-state index contributed by atoms with van der Waals surface area (Å²) in [5, 5.41) is 0. The Morgan fingerprint density at radius 2 is 1.40 bits per heavy atom. The van der Waals surface area contributed by atoms with Gasteiger partial charge in [-0.25, -0.2) is 13.2 Å². The highest BCUT2D eigenvalue weighted by atomic mass is 19.2. The summed E-state index contributed by atoms with van der Waals surface area (Å²) in [6, 6.07) is 11.5. The van der Waals surface area contributed by atoms with Gasteiger partial charge in [-0.3, -0.25) is 0 Å². The Bertz CT molecular complexity index is 1190. The molecule has 180 valence electrons. The van der Waals surface area contributed by atoms with Crippen LogP contribution >= 0.6 is 0 Å². The van der Waals surface area contributed by atoms with Gasteiger partial charge >= 0.3 is 0 Å². The minimum atomic E-state index is -1.15. The standard InChI is InChI=1S/C27H23BF4O3/c1-2-3-4-16-13-33-27(34-14-16)21-10-9-19(23(29)25(21)31)17-5-7-18(8-6-17)20-11-12-22(35-15-28)26(32)24(20)30/h2,5-12,16,27H,1,3-4,13-15H2. The number of rotatable bonds is 8. The maximum Gasteiger partial charge on any atom is 0.201 e. The van der Waals surface area contributed by atoms with Crippen molar-refractivity contribution in [1.29, 1.82) is 0 Å². The van der Waals surface area contributed by atoms with Gasteiger partial charge < -0.3 is 14.2 Å². The van der Waals surface area contributed by atoms with Gasteiger partial charge in [0, 0.05) is 29.1 Å². The third-order valence-corrected chi connectivity index (χ3v) is 5.90. The Morgan fingerprint density at radius 3 is 1.97 bits per heavy atom. The second-order valence-electron chi connectivity index (χ2n) is 8.19. The molecule has 3 nitrogen and oxygen atoms in total. The lowest BCUT2D eigenvalue weighted by atomic mass is 9.98. The van der Waals surface area contributed by atoms with Crippen molar-refractivity contribution in [2.75, 3.05) is 19.7 Å². The van der Waals surface area contributed by atoms with Crippen molar-refractivity contribution in [2.45, 2.75) is 19.1 Å². The molecule has 0 N–H and O–H groups in total. The average molecular weight is 482 g/mol. The fourth-order valence-electron chi connectivity index (χ4n) is 4.00. The summed E-state index contributed by atoms with van der Waals surface area (Å²) in [7, 11) is 5.21. The van der Waals surface area contributed by atoms with Crippen LogP contribution in [0.15, 0.2) is 61.2 Å². The van der Waals surface area contributed by atoms with Gasteiger partial charge in [0.2, 0.25) is 5.82 Å². The fourth-order valence-corrected chi connectivity index (χ4v) is 4.00.